The maximum absolute atomic E-state index is 12.3. The Labute approximate surface area is 146 Å². The molecule has 7 heteroatoms. The van der Waals surface area contributed by atoms with Crippen LogP contribution in [0.15, 0.2) is 41.1 Å². The molecule has 0 saturated heterocycles. The van der Waals surface area contributed by atoms with Gasteiger partial charge in [-0.3, -0.25) is 10.1 Å². The lowest BCUT2D eigenvalue weighted by molar-refractivity contribution is 0.102. The van der Waals surface area contributed by atoms with E-state index in [9.17, 15) is 4.79 Å². The van der Waals surface area contributed by atoms with Gasteiger partial charge in [-0.15, -0.1) is 11.3 Å². The van der Waals surface area contributed by atoms with Gasteiger partial charge in [0.25, 0.3) is 5.91 Å². The lowest BCUT2D eigenvalue weighted by Gasteiger charge is -2.00. The minimum absolute atomic E-state index is 0.204. The minimum Gasteiger partial charge on any atom is -0.298 e. The van der Waals surface area contributed by atoms with E-state index in [1.807, 2.05) is 31.2 Å². The molecular weight excluding hydrogens is 376 g/mol. The number of anilines is 1. The molecule has 0 aliphatic rings. The third-order valence-electron chi connectivity index (χ3n) is 3.38. The third kappa shape index (κ3) is 3.51. The van der Waals surface area contributed by atoms with E-state index >= 15 is 0 Å². The highest BCUT2D eigenvalue weighted by molar-refractivity contribution is 9.10. The molecule has 118 valence electrons. The third-order valence-corrected chi connectivity index (χ3v) is 4.84. The van der Waals surface area contributed by atoms with Crippen LogP contribution in [0.5, 0.6) is 0 Å². The molecule has 0 spiro atoms. The fourth-order valence-electron chi connectivity index (χ4n) is 2.15. The normalized spacial score (nSPS) is 10.7. The second kappa shape index (κ2) is 6.64. The second-order valence-corrected chi connectivity index (χ2v) is 7.10. The first-order valence-corrected chi connectivity index (χ1v) is 8.76. The first-order valence-electron chi connectivity index (χ1n) is 7.15. The number of nitrogens with one attached hydrogen (secondary N) is 1. The summed E-state index contributed by atoms with van der Waals surface area (Å²) in [6.45, 7) is 4.06. The maximum atomic E-state index is 12.3. The Bertz CT molecular complexity index is 838. The number of aromatic nitrogens is 3. The molecule has 3 rings (SSSR count). The number of aryl methyl sites for hydroxylation is 2. The van der Waals surface area contributed by atoms with Gasteiger partial charge in [0.15, 0.2) is 5.13 Å². The Balaban J connectivity index is 1.76. The number of thiazole rings is 1. The Morgan fingerprint density at radius 1 is 1.35 bits per heavy atom. The smallest absolute Gasteiger partial charge is 0.260 e. The van der Waals surface area contributed by atoms with Crippen molar-refractivity contribution < 1.29 is 4.79 Å². The van der Waals surface area contributed by atoms with Crippen molar-refractivity contribution >= 4 is 38.3 Å². The summed E-state index contributed by atoms with van der Waals surface area (Å²) in [4.78, 5) is 17.9. The van der Waals surface area contributed by atoms with Crippen LogP contribution in [0.2, 0.25) is 0 Å². The van der Waals surface area contributed by atoms with Gasteiger partial charge in [-0.1, -0.05) is 22.9 Å². The molecule has 2 aromatic heterocycles. The van der Waals surface area contributed by atoms with Gasteiger partial charge in [0, 0.05) is 15.5 Å². The van der Waals surface area contributed by atoms with Crippen molar-refractivity contribution in [3.63, 3.8) is 0 Å². The number of hydrogen-bond donors (Lipinski definition) is 1. The molecule has 2 heterocycles. The van der Waals surface area contributed by atoms with Gasteiger partial charge in [0.2, 0.25) is 0 Å². The molecule has 0 radical (unpaired) electrons. The lowest BCUT2D eigenvalue weighted by Crippen LogP contribution is -2.10. The average Bonchev–Trinajstić information content (AvgIpc) is 3.15. The maximum Gasteiger partial charge on any atom is 0.260 e. The van der Waals surface area contributed by atoms with E-state index < -0.39 is 0 Å². The number of hydrogen-bond acceptors (Lipinski definition) is 4. The van der Waals surface area contributed by atoms with Crippen LogP contribution in [0.3, 0.4) is 0 Å². The molecule has 0 fully saturated rings. The number of amides is 1. The summed E-state index contributed by atoms with van der Waals surface area (Å²) >= 11 is 4.89. The van der Waals surface area contributed by atoms with E-state index in [0.29, 0.717) is 10.7 Å². The summed E-state index contributed by atoms with van der Waals surface area (Å²) < 4.78 is 2.67. The highest BCUT2D eigenvalue weighted by Crippen LogP contribution is 2.23. The number of carbonyl (C=O) groups excluding carboxylic acids is 1. The average molecular weight is 391 g/mol. The van der Waals surface area contributed by atoms with Crippen molar-refractivity contribution in [2.24, 2.45) is 0 Å². The van der Waals surface area contributed by atoms with Crippen LogP contribution >= 0.6 is 27.3 Å². The van der Waals surface area contributed by atoms with Gasteiger partial charge in [0.1, 0.15) is 0 Å². The standard InChI is InChI=1S/C16H15BrN4OS/c1-3-14-10(2)23-16(19-14)20-15(22)11-8-18-21(9-11)13-6-4-12(17)5-7-13/h4-9H,3H2,1-2H3,(H,19,20,22). The Morgan fingerprint density at radius 3 is 2.74 bits per heavy atom. The van der Waals surface area contributed by atoms with Crippen LogP contribution in [0, 0.1) is 6.92 Å². The molecule has 1 N–H and O–H groups in total. The van der Waals surface area contributed by atoms with Crippen LogP contribution < -0.4 is 5.32 Å². The molecule has 5 nitrogen and oxygen atoms in total. The summed E-state index contributed by atoms with van der Waals surface area (Å²) in [5, 5.41) is 7.70. The predicted octanol–water partition coefficient (Wildman–Crippen LogP) is 4.21. The molecule has 0 atom stereocenters. The van der Waals surface area contributed by atoms with Crippen molar-refractivity contribution in [1.29, 1.82) is 0 Å². The predicted molar refractivity (Wildman–Crippen MR) is 95.4 cm³/mol. The fourth-order valence-corrected chi connectivity index (χ4v) is 3.32. The molecule has 1 aromatic carbocycles. The van der Waals surface area contributed by atoms with Gasteiger partial charge in [-0.2, -0.15) is 5.10 Å². The fraction of sp³-hybridized carbons (Fsp3) is 0.188. The number of benzene rings is 1. The summed E-state index contributed by atoms with van der Waals surface area (Å²) in [5.41, 5.74) is 2.42. The van der Waals surface area contributed by atoms with E-state index in [1.54, 1.807) is 17.1 Å². The van der Waals surface area contributed by atoms with Gasteiger partial charge >= 0.3 is 0 Å². The summed E-state index contributed by atoms with van der Waals surface area (Å²) in [6.07, 6.45) is 4.12. The highest BCUT2D eigenvalue weighted by Gasteiger charge is 2.13. The summed E-state index contributed by atoms with van der Waals surface area (Å²) in [5.74, 6) is -0.204. The van der Waals surface area contributed by atoms with E-state index in [2.05, 4.69) is 38.3 Å². The van der Waals surface area contributed by atoms with E-state index in [1.165, 1.54) is 11.3 Å². The molecule has 3 aromatic rings. The van der Waals surface area contributed by atoms with Crippen molar-refractivity contribution in [3.8, 4) is 5.69 Å². The molecule has 0 saturated carbocycles. The highest BCUT2D eigenvalue weighted by atomic mass is 79.9. The van der Waals surface area contributed by atoms with Crippen LogP contribution in [0.1, 0.15) is 27.9 Å². The zero-order chi connectivity index (χ0) is 16.4. The quantitative estimate of drug-likeness (QED) is 0.725. The Kier molecular flexibility index (Phi) is 4.58. The SMILES string of the molecule is CCc1nc(NC(=O)c2cnn(-c3ccc(Br)cc3)c2)sc1C. The van der Waals surface area contributed by atoms with Crippen molar-refractivity contribution in [2.45, 2.75) is 20.3 Å². The molecule has 0 bridgehead atoms. The zero-order valence-corrected chi connectivity index (χ0v) is 15.1. The van der Waals surface area contributed by atoms with E-state index in [0.717, 1.165) is 27.2 Å². The van der Waals surface area contributed by atoms with Crippen LogP contribution in [-0.4, -0.2) is 20.7 Å². The van der Waals surface area contributed by atoms with Crippen molar-refractivity contribution in [1.82, 2.24) is 14.8 Å². The minimum atomic E-state index is -0.204. The zero-order valence-electron chi connectivity index (χ0n) is 12.7. The van der Waals surface area contributed by atoms with Crippen molar-refractivity contribution in [3.05, 3.63) is 57.3 Å². The number of carbonyl (C=O) groups is 1. The molecule has 1 amide bonds. The second-order valence-electron chi connectivity index (χ2n) is 4.98. The van der Waals surface area contributed by atoms with Gasteiger partial charge in [-0.05, 0) is 37.6 Å². The van der Waals surface area contributed by atoms with Gasteiger partial charge in [-0.25, -0.2) is 9.67 Å². The summed E-state index contributed by atoms with van der Waals surface area (Å²) in [6, 6.07) is 7.72. The Hall–Kier alpha value is -1.99. The molecular formula is C16H15BrN4OS. The van der Waals surface area contributed by atoms with Gasteiger partial charge in [0.05, 0.1) is 23.1 Å². The van der Waals surface area contributed by atoms with E-state index in [-0.39, 0.29) is 5.91 Å². The van der Waals surface area contributed by atoms with Crippen LogP contribution in [0.4, 0.5) is 5.13 Å². The topological polar surface area (TPSA) is 59.8 Å². The largest absolute Gasteiger partial charge is 0.298 e. The van der Waals surface area contributed by atoms with Gasteiger partial charge < -0.3 is 0 Å². The van der Waals surface area contributed by atoms with Crippen molar-refractivity contribution in [2.75, 3.05) is 5.32 Å². The van der Waals surface area contributed by atoms with Crippen LogP contribution in [0.25, 0.3) is 5.69 Å². The first-order chi connectivity index (χ1) is 11.1. The molecule has 23 heavy (non-hydrogen) atoms. The molecule has 0 aliphatic heterocycles. The number of halogens is 1. The Morgan fingerprint density at radius 2 is 2.09 bits per heavy atom. The molecule has 0 aliphatic carbocycles. The monoisotopic (exact) mass is 390 g/mol. The lowest BCUT2D eigenvalue weighted by atomic mass is 10.3. The van der Waals surface area contributed by atoms with E-state index in [4.69, 9.17) is 0 Å². The number of nitrogens with zero attached hydrogens (tertiary/aromatic N) is 3. The number of rotatable bonds is 4. The molecule has 0 unspecified atom stereocenters. The first kappa shape index (κ1) is 15.9. The summed E-state index contributed by atoms with van der Waals surface area (Å²) in [7, 11) is 0. The van der Waals surface area contributed by atoms with Crippen LogP contribution in [-0.2, 0) is 6.42 Å².